The molecule has 0 saturated heterocycles. The summed E-state index contributed by atoms with van der Waals surface area (Å²) in [6.45, 7) is 0.421. The summed E-state index contributed by atoms with van der Waals surface area (Å²) in [4.78, 5) is 12.4. The Balaban J connectivity index is 1.73. The van der Waals surface area contributed by atoms with Gasteiger partial charge in [0.2, 0.25) is 0 Å². The Labute approximate surface area is 140 Å². The Hall–Kier alpha value is -2.95. The van der Waals surface area contributed by atoms with Crippen molar-refractivity contribution in [2.75, 3.05) is 14.2 Å². The van der Waals surface area contributed by atoms with Gasteiger partial charge < -0.3 is 19.4 Å². The van der Waals surface area contributed by atoms with Gasteiger partial charge in [-0.2, -0.15) is 0 Å². The molecule has 24 heavy (non-hydrogen) atoms. The highest BCUT2D eigenvalue weighted by molar-refractivity contribution is 5.98. The molecule has 3 rings (SSSR count). The minimum Gasteiger partial charge on any atom is -0.493 e. The van der Waals surface area contributed by atoms with E-state index in [9.17, 15) is 4.79 Å². The Morgan fingerprint density at radius 2 is 1.83 bits per heavy atom. The average Bonchev–Trinajstić information content (AvgIpc) is 2.99. The predicted octanol–water partition coefficient (Wildman–Crippen LogP) is 3.13. The van der Waals surface area contributed by atoms with Crippen molar-refractivity contribution in [3.05, 3.63) is 59.8 Å². The van der Waals surface area contributed by atoms with Gasteiger partial charge in [-0.25, -0.2) is 0 Å². The van der Waals surface area contributed by atoms with E-state index < -0.39 is 0 Å². The third kappa shape index (κ3) is 3.06. The molecule has 0 aliphatic heterocycles. The van der Waals surface area contributed by atoms with Gasteiger partial charge in [-0.1, -0.05) is 12.1 Å². The lowest BCUT2D eigenvalue weighted by molar-refractivity contribution is 0.0951. The Bertz CT molecular complexity index is 883. The zero-order valence-corrected chi connectivity index (χ0v) is 14.0. The molecule has 1 N–H and O–H groups in total. The van der Waals surface area contributed by atoms with Crippen LogP contribution in [0.25, 0.3) is 10.9 Å². The smallest absolute Gasteiger partial charge is 0.251 e. The second-order valence-electron chi connectivity index (χ2n) is 5.57. The Kier molecular flexibility index (Phi) is 4.42. The first-order valence-electron chi connectivity index (χ1n) is 7.66. The number of ether oxygens (including phenoxy) is 2. The van der Waals surface area contributed by atoms with E-state index in [0.717, 1.165) is 16.5 Å². The first-order valence-corrected chi connectivity index (χ1v) is 7.66. The van der Waals surface area contributed by atoms with Crippen molar-refractivity contribution in [2.45, 2.75) is 6.54 Å². The maximum absolute atomic E-state index is 12.4. The number of aryl methyl sites for hydroxylation is 1. The van der Waals surface area contributed by atoms with Gasteiger partial charge in [-0.3, -0.25) is 4.79 Å². The van der Waals surface area contributed by atoms with Crippen LogP contribution in [0.4, 0.5) is 0 Å². The van der Waals surface area contributed by atoms with Crippen LogP contribution in [-0.2, 0) is 13.6 Å². The molecular weight excluding hydrogens is 304 g/mol. The molecule has 0 fully saturated rings. The number of carbonyl (C=O) groups is 1. The van der Waals surface area contributed by atoms with Crippen LogP contribution < -0.4 is 14.8 Å². The van der Waals surface area contributed by atoms with Crippen LogP contribution >= 0.6 is 0 Å². The van der Waals surface area contributed by atoms with Crippen molar-refractivity contribution < 1.29 is 14.3 Å². The zero-order chi connectivity index (χ0) is 17.1. The molecule has 0 unspecified atom stereocenters. The molecule has 5 heteroatoms. The van der Waals surface area contributed by atoms with Crippen molar-refractivity contribution in [2.24, 2.45) is 7.05 Å². The highest BCUT2D eigenvalue weighted by atomic mass is 16.5. The first kappa shape index (κ1) is 15.9. The van der Waals surface area contributed by atoms with Gasteiger partial charge in [-0.15, -0.1) is 0 Å². The van der Waals surface area contributed by atoms with E-state index in [-0.39, 0.29) is 5.91 Å². The van der Waals surface area contributed by atoms with Crippen molar-refractivity contribution in [1.82, 2.24) is 9.88 Å². The number of nitrogens with zero attached hydrogens (tertiary/aromatic N) is 1. The molecule has 0 saturated carbocycles. The van der Waals surface area contributed by atoms with Gasteiger partial charge in [0.25, 0.3) is 5.91 Å². The third-order valence-corrected chi connectivity index (χ3v) is 4.05. The number of rotatable bonds is 5. The summed E-state index contributed by atoms with van der Waals surface area (Å²) >= 11 is 0. The second kappa shape index (κ2) is 6.66. The van der Waals surface area contributed by atoms with Crippen molar-refractivity contribution in [1.29, 1.82) is 0 Å². The van der Waals surface area contributed by atoms with Crippen LogP contribution in [0.1, 0.15) is 15.9 Å². The van der Waals surface area contributed by atoms with Crippen molar-refractivity contribution >= 4 is 16.8 Å². The fourth-order valence-corrected chi connectivity index (χ4v) is 2.68. The minimum absolute atomic E-state index is 0.104. The number of nitrogens with one attached hydrogen (secondary N) is 1. The monoisotopic (exact) mass is 324 g/mol. The van der Waals surface area contributed by atoms with Gasteiger partial charge >= 0.3 is 0 Å². The average molecular weight is 324 g/mol. The maximum Gasteiger partial charge on any atom is 0.251 e. The van der Waals surface area contributed by atoms with Gasteiger partial charge in [-0.05, 0) is 41.3 Å². The summed E-state index contributed by atoms with van der Waals surface area (Å²) < 4.78 is 12.5. The topological polar surface area (TPSA) is 52.5 Å². The largest absolute Gasteiger partial charge is 0.493 e. The van der Waals surface area contributed by atoms with Crippen LogP contribution in [-0.4, -0.2) is 24.7 Å². The number of methoxy groups -OCH3 is 2. The molecular formula is C19H20N2O3. The summed E-state index contributed by atoms with van der Waals surface area (Å²) in [5, 5.41) is 4.06. The summed E-state index contributed by atoms with van der Waals surface area (Å²) in [5.74, 6) is 1.21. The molecule has 0 radical (unpaired) electrons. The molecule has 1 amide bonds. The van der Waals surface area contributed by atoms with Crippen LogP contribution in [0.3, 0.4) is 0 Å². The molecule has 0 aliphatic carbocycles. The predicted molar refractivity (Wildman–Crippen MR) is 93.6 cm³/mol. The molecule has 1 aromatic heterocycles. The fraction of sp³-hybridized carbons (Fsp3) is 0.211. The van der Waals surface area contributed by atoms with Crippen molar-refractivity contribution in [3.8, 4) is 11.5 Å². The number of amides is 1. The molecule has 124 valence electrons. The SMILES string of the molecule is COc1ccc(CNC(=O)c2ccc3ccn(C)c3c2)cc1OC. The Morgan fingerprint density at radius 3 is 2.58 bits per heavy atom. The lowest BCUT2D eigenvalue weighted by Gasteiger charge is -2.10. The number of aromatic nitrogens is 1. The molecule has 0 aliphatic rings. The highest BCUT2D eigenvalue weighted by Gasteiger charge is 2.09. The fourth-order valence-electron chi connectivity index (χ4n) is 2.68. The van der Waals surface area contributed by atoms with Gasteiger partial charge in [0, 0.05) is 30.9 Å². The number of benzene rings is 2. The molecule has 5 nitrogen and oxygen atoms in total. The molecule has 2 aromatic carbocycles. The molecule has 0 atom stereocenters. The van der Waals surface area contributed by atoms with E-state index in [1.54, 1.807) is 14.2 Å². The van der Waals surface area contributed by atoms with Crippen LogP contribution in [0.2, 0.25) is 0 Å². The highest BCUT2D eigenvalue weighted by Crippen LogP contribution is 2.27. The number of fused-ring (bicyclic) bond motifs is 1. The summed E-state index contributed by atoms with van der Waals surface area (Å²) in [6.07, 6.45) is 1.98. The van der Waals surface area contributed by atoms with E-state index in [2.05, 4.69) is 5.32 Å². The first-order chi connectivity index (χ1) is 11.6. The third-order valence-electron chi connectivity index (χ3n) is 4.05. The van der Waals surface area contributed by atoms with E-state index >= 15 is 0 Å². The van der Waals surface area contributed by atoms with Crippen molar-refractivity contribution in [3.63, 3.8) is 0 Å². The maximum atomic E-state index is 12.4. The molecule has 0 bridgehead atoms. The number of hydrogen-bond donors (Lipinski definition) is 1. The van der Waals surface area contributed by atoms with Crippen LogP contribution in [0, 0.1) is 0 Å². The standard InChI is InChI=1S/C19H20N2O3/c1-21-9-8-14-5-6-15(11-16(14)21)19(22)20-12-13-4-7-17(23-2)18(10-13)24-3/h4-11H,12H2,1-3H3,(H,20,22). The van der Waals surface area contributed by atoms with Gasteiger partial charge in [0.15, 0.2) is 11.5 Å². The summed E-state index contributed by atoms with van der Waals surface area (Å²) in [7, 11) is 5.15. The lowest BCUT2D eigenvalue weighted by atomic mass is 10.1. The van der Waals surface area contributed by atoms with Gasteiger partial charge in [0.1, 0.15) is 0 Å². The normalized spacial score (nSPS) is 10.6. The summed E-state index contributed by atoms with van der Waals surface area (Å²) in [5.41, 5.74) is 2.62. The lowest BCUT2D eigenvalue weighted by Crippen LogP contribution is -2.22. The Morgan fingerprint density at radius 1 is 1.04 bits per heavy atom. The second-order valence-corrected chi connectivity index (χ2v) is 5.57. The minimum atomic E-state index is -0.104. The van der Waals surface area contributed by atoms with E-state index in [0.29, 0.717) is 23.6 Å². The number of carbonyl (C=O) groups excluding carboxylic acids is 1. The number of hydrogen-bond acceptors (Lipinski definition) is 3. The molecule has 1 heterocycles. The van der Waals surface area contributed by atoms with E-state index in [4.69, 9.17) is 9.47 Å². The van der Waals surface area contributed by atoms with Crippen LogP contribution in [0.15, 0.2) is 48.7 Å². The van der Waals surface area contributed by atoms with E-state index in [1.165, 1.54) is 0 Å². The molecule has 3 aromatic rings. The van der Waals surface area contributed by atoms with Crippen LogP contribution in [0.5, 0.6) is 11.5 Å². The van der Waals surface area contributed by atoms with Gasteiger partial charge in [0.05, 0.1) is 14.2 Å². The molecule has 0 spiro atoms. The quantitative estimate of drug-likeness (QED) is 0.784. The zero-order valence-electron chi connectivity index (χ0n) is 14.0. The van der Waals surface area contributed by atoms with E-state index in [1.807, 2.05) is 60.3 Å². The summed E-state index contributed by atoms with van der Waals surface area (Å²) in [6, 6.07) is 13.3.